The van der Waals surface area contributed by atoms with Crippen molar-refractivity contribution in [1.82, 2.24) is 10.2 Å². The SMILES string of the molecule is CC[C@@H](C)NC(=O)[C@H](CC)N(Cc1ccc(Cl)cc1)C(=O)CN(c1cccc(C)c1C)S(C)(=O)=O. The lowest BCUT2D eigenvalue weighted by Crippen LogP contribution is -2.53. The molecule has 0 saturated carbocycles. The summed E-state index contributed by atoms with van der Waals surface area (Å²) < 4.78 is 26.7. The second-order valence-electron chi connectivity index (χ2n) is 8.88. The normalized spacial score (nSPS) is 13.1. The molecule has 0 aliphatic carbocycles. The number of anilines is 1. The number of carbonyl (C=O) groups excluding carboxylic acids is 2. The number of carbonyl (C=O) groups is 2. The molecule has 2 aromatic carbocycles. The average molecular weight is 522 g/mol. The third-order valence-corrected chi connectivity index (χ3v) is 7.56. The van der Waals surface area contributed by atoms with Crippen molar-refractivity contribution in [3.63, 3.8) is 0 Å². The Labute approximate surface area is 214 Å². The molecule has 0 heterocycles. The molecule has 2 atom stereocenters. The van der Waals surface area contributed by atoms with E-state index in [4.69, 9.17) is 11.6 Å². The zero-order valence-corrected chi connectivity index (χ0v) is 22.9. The van der Waals surface area contributed by atoms with Crippen LogP contribution >= 0.6 is 11.6 Å². The summed E-state index contributed by atoms with van der Waals surface area (Å²) in [7, 11) is -3.77. The molecular formula is C26H36ClN3O4S. The van der Waals surface area contributed by atoms with Gasteiger partial charge < -0.3 is 10.2 Å². The average Bonchev–Trinajstić information content (AvgIpc) is 2.79. The standard InChI is InChI=1S/C26H36ClN3O4S/c1-7-19(4)28-26(32)23(8-2)29(16-21-12-14-22(27)15-13-21)25(31)17-30(35(6,33)34)24-11-9-10-18(3)20(24)5/h9-15,19,23H,7-8,16-17H2,1-6H3,(H,28,32)/t19-,23+/m1/s1. The van der Waals surface area contributed by atoms with Gasteiger partial charge in [0.25, 0.3) is 0 Å². The number of nitrogens with zero attached hydrogens (tertiary/aromatic N) is 2. The fourth-order valence-electron chi connectivity index (χ4n) is 3.75. The zero-order valence-electron chi connectivity index (χ0n) is 21.3. The molecule has 0 saturated heterocycles. The predicted octanol–water partition coefficient (Wildman–Crippen LogP) is 4.44. The quantitative estimate of drug-likeness (QED) is 0.473. The van der Waals surface area contributed by atoms with Crippen molar-refractivity contribution in [3.8, 4) is 0 Å². The maximum absolute atomic E-state index is 13.7. The van der Waals surface area contributed by atoms with E-state index in [1.165, 1.54) is 4.90 Å². The summed E-state index contributed by atoms with van der Waals surface area (Å²) in [6.07, 6.45) is 2.21. The van der Waals surface area contributed by atoms with Crippen LogP contribution in [0.2, 0.25) is 5.02 Å². The lowest BCUT2D eigenvalue weighted by Gasteiger charge is -2.33. The Hall–Kier alpha value is -2.58. The fourth-order valence-corrected chi connectivity index (χ4v) is 4.77. The fraction of sp³-hybridized carbons (Fsp3) is 0.462. The van der Waals surface area contributed by atoms with Crippen molar-refractivity contribution in [2.75, 3.05) is 17.1 Å². The van der Waals surface area contributed by atoms with Crippen LogP contribution in [-0.4, -0.2) is 50.0 Å². The minimum absolute atomic E-state index is 0.0495. The summed E-state index contributed by atoms with van der Waals surface area (Å²) >= 11 is 6.02. The van der Waals surface area contributed by atoms with E-state index in [1.54, 1.807) is 36.4 Å². The van der Waals surface area contributed by atoms with Gasteiger partial charge in [-0.15, -0.1) is 0 Å². The summed E-state index contributed by atoms with van der Waals surface area (Å²) in [5, 5.41) is 3.52. The van der Waals surface area contributed by atoms with Crippen molar-refractivity contribution in [3.05, 3.63) is 64.2 Å². The van der Waals surface area contributed by atoms with Crippen molar-refractivity contribution in [2.45, 2.75) is 66.1 Å². The molecule has 2 aromatic rings. The Bertz CT molecular complexity index is 1140. The Morgan fingerprint density at radius 3 is 2.20 bits per heavy atom. The van der Waals surface area contributed by atoms with E-state index in [-0.39, 0.29) is 18.5 Å². The van der Waals surface area contributed by atoms with Crippen molar-refractivity contribution >= 4 is 39.1 Å². The molecule has 2 amide bonds. The molecule has 9 heteroatoms. The highest BCUT2D eigenvalue weighted by atomic mass is 35.5. The molecule has 0 bridgehead atoms. The Balaban J connectivity index is 2.47. The Morgan fingerprint density at radius 1 is 1.03 bits per heavy atom. The van der Waals surface area contributed by atoms with Gasteiger partial charge >= 0.3 is 0 Å². The number of sulfonamides is 1. The summed E-state index contributed by atoms with van der Waals surface area (Å²) in [5.74, 6) is -0.723. The van der Waals surface area contributed by atoms with Gasteiger partial charge in [0.2, 0.25) is 21.8 Å². The van der Waals surface area contributed by atoms with Crippen LogP contribution in [0.25, 0.3) is 0 Å². The number of hydrogen-bond donors (Lipinski definition) is 1. The number of hydrogen-bond acceptors (Lipinski definition) is 4. The second kappa shape index (κ2) is 12.4. The molecule has 2 rings (SSSR count). The molecule has 7 nitrogen and oxygen atoms in total. The van der Waals surface area contributed by atoms with E-state index in [0.717, 1.165) is 33.7 Å². The van der Waals surface area contributed by atoms with Gasteiger partial charge in [0.15, 0.2) is 0 Å². The van der Waals surface area contributed by atoms with Gasteiger partial charge in [0.05, 0.1) is 11.9 Å². The topological polar surface area (TPSA) is 86.8 Å². The van der Waals surface area contributed by atoms with Crippen LogP contribution < -0.4 is 9.62 Å². The molecule has 1 N–H and O–H groups in total. The minimum atomic E-state index is -3.77. The van der Waals surface area contributed by atoms with E-state index in [1.807, 2.05) is 40.7 Å². The Kier molecular flexibility index (Phi) is 10.2. The number of halogens is 1. The van der Waals surface area contributed by atoms with Crippen LogP contribution in [0.1, 0.15) is 50.3 Å². The zero-order chi connectivity index (χ0) is 26.3. The number of aryl methyl sites for hydroxylation is 1. The maximum atomic E-state index is 13.7. The highest BCUT2D eigenvalue weighted by Gasteiger charge is 2.32. The molecule has 0 fully saturated rings. The van der Waals surface area contributed by atoms with Gasteiger partial charge in [-0.1, -0.05) is 49.7 Å². The highest BCUT2D eigenvalue weighted by Crippen LogP contribution is 2.26. The van der Waals surface area contributed by atoms with Crippen molar-refractivity contribution in [1.29, 1.82) is 0 Å². The van der Waals surface area contributed by atoms with Crippen LogP contribution in [0, 0.1) is 13.8 Å². The molecule has 35 heavy (non-hydrogen) atoms. The van der Waals surface area contributed by atoms with E-state index >= 15 is 0 Å². The monoisotopic (exact) mass is 521 g/mol. The first kappa shape index (κ1) is 28.7. The summed E-state index contributed by atoms with van der Waals surface area (Å²) in [6, 6.07) is 11.6. The lowest BCUT2D eigenvalue weighted by atomic mass is 10.1. The number of amides is 2. The predicted molar refractivity (Wildman–Crippen MR) is 142 cm³/mol. The first-order chi connectivity index (χ1) is 16.4. The van der Waals surface area contributed by atoms with Crippen LogP contribution in [0.5, 0.6) is 0 Å². The lowest BCUT2D eigenvalue weighted by molar-refractivity contribution is -0.140. The summed E-state index contributed by atoms with van der Waals surface area (Å²) in [6.45, 7) is 9.16. The highest BCUT2D eigenvalue weighted by molar-refractivity contribution is 7.92. The minimum Gasteiger partial charge on any atom is -0.352 e. The molecule has 0 unspecified atom stereocenters. The largest absolute Gasteiger partial charge is 0.352 e. The molecular weight excluding hydrogens is 486 g/mol. The maximum Gasteiger partial charge on any atom is 0.244 e. The molecule has 0 spiro atoms. The van der Waals surface area contributed by atoms with Gasteiger partial charge in [0, 0.05) is 17.6 Å². The number of nitrogens with one attached hydrogen (secondary N) is 1. The van der Waals surface area contributed by atoms with Crippen LogP contribution in [0.3, 0.4) is 0 Å². The first-order valence-electron chi connectivity index (χ1n) is 11.8. The number of rotatable bonds is 11. The van der Waals surface area contributed by atoms with Crippen LogP contribution in [-0.2, 0) is 26.2 Å². The van der Waals surface area contributed by atoms with E-state index in [0.29, 0.717) is 17.1 Å². The van der Waals surface area contributed by atoms with Gasteiger partial charge in [-0.3, -0.25) is 13.9 Å². The van der Waals surface area contributed by atoms with Gasteiger partial charge in [-0.25, -0.2) is 8.42 Å². The van der Waals surface area contributed by atoms with Crippen molar-refractivity contribution in [2.24, 2.45) is 0 Å². The number of benzene rings is 2. The van der Waals surface area contributed by atoms with Gasteiger partial charge in [0.1, 0.15) is 12.6 Å². The summed E-state index contributed by atoms with van der Waals surface area (Å²) in [4.78, 5) is 28.3. The van der Waals surface area contributed by atoms with Gasteiger partial charge in [-0.05, 0) is 68.5 Å². The van der Waals surface area contributed by atoms with E-state index in [9.17, 15) is 18.0 Å². The first-order valence-corrected chi connectivity index (χ1v) is 14.0. The smallest absolute Gasteiger partial charge is 0.244 e. The van der Waals surface area contributed by atoms with E-state index < -0.39 is 28.5 Å². The van der Waals surface area contributed by atoms with Crippen LogP contribution in [0.4, 0.5) is 5.69 Å². The third-order valence-electron chi connectivity index (χ3n) is 6.18. The van der Waals surface area contributed by atoms with E-state index in [2.05, 4.69) is 5.32 Å². The molecule has 192 valence electrons. The second-order valence-corrected chi connectivity index (χ2v) is 11.2. The van der Waals surface area contributed by atoms with Crippen LogP contribution in [0.15, 0.2) is 42.5 Å². The Morgan fingerprint density at radius 2 is 1.66 bits per heavy atom. The molecule has 0 aliphatic heterocycles. The van der Waals surface area contributed by atoms with Gasteiger partial charge in [-0.2, -0.15) is 0 Å². The third kappa shape index (κ3) is 7.70. The summed E-state index contributed by atoms with van der Waals surface area (Å²) in [5.41, 5.74) is 2.93. The molecule has 0 radical (unpaired) electrons. The van der Waals surface area contributed by atoms with Crippen molar-refractivity contribution < 1.29 is 18.0 Å². The molecule has 0 aromatic heterocycles. The molecule has 0 aliphatic rings.